The lowest BCUT2D eigenvalue weighted by Crippen LogP contribution is -2.43. The van der Waals surface area contributed by atoms with E-state index in [0.717, 1.165) is 42.7 Å². The number of benzene rings is 1. The minimum Gasteiger partial charge on any atom is -0.365 e. The SMILES string of the molecule is Cn1cc2cc(Nc3nc(NC4CCCCC4N)c(F)cc3C(N)=O)ccc2n1. The highest BCUT2D eigenvalue weighted by Gasteiger charge is 2.24. The van der Waals surface area contributed by atoms with Crippen LogP contribution in [0.5, 0.6) is 0 Å². The Bertz CT molecular complexity index is 1060. The number of aryl methyl sites for hydroxylation is 1. The first-order chi connectivity index (χ1) is 13.9. The number of pyridine rings is 1. The van der Waals surface area contributed by atoms with Crippen molar-refractivity contribution >= 4 is 34.1 Å². The van der Waals surface area contributed by atoms with Crippen molar-refractivity contribution in [3.05, 3.63) is 41.8 Å². The molecule has 1 saturated carbocycles. The first kappa shape index (κ1) is 19.1. The molecule has 1 amide bonds. The molecule has 6 N–H and O–H groups in total. The van der Waals surface area contributed by atoms with Crippen LogP contribution in [0.15, 0.2) is 30.5 Å². The Morgan fingerprint density at radius 2 is 2.03 bits per heavy atom. The summed E-state index contributed by atoms with van der Waals surface area (Å²) in [5.41, 5.74) is 13.1. The van der Waals surface area contributed by atoms with E-state index in [9.17, 15) is 9.18 Å². The number of anilines is 3. The van der Waals surface area contributed by atoms with Crippen LogP contribution in [0, 0.1) is 5.82 Å². The summed E-state index contributed by atoms with van der Waals surface area (Å²) < 4.78 is 16.3. The average Bonchev–Trinajstić information content (AvgIpc) is 3.05. The lowest BCUT2D eigenvalue weighted by Gasteiger charge is -2.30. The van der Waals surface area contributed by atoms with Gasteiger partial charge in [-0.2, -0.15) is 5.10 Å². The van der Waals surface area contributed by atoms with Gasteiger partial charge in [0.15, 0.2) is 11.6 Å². The van der Waals surface area contributed by atoms with Gasteiger partial charge in [-0.05, 0) is 37.1 Å². The zero-order chi connectivity index (χ0) is 20.5. The highest BCUT2D eigenvalue weighted by atomic mass is 19.1. The number of carbonyl (C=O) groups is 1. The maximum absolute atomic E-state index is 14.6. The quantitative estimate of drug-likeness (QED) is 0.525. The molecule has 1 aliphatic rings. The van der Waals surface area contributed by atoms with Gasteiger partial charge >= 0.3 is 0 Å². The number of hydrogen-bond acceptors (Lipinski definition) is 6. The van der Waals surface area contributed by atoms with Crippen molar-refractivity contribution in [1.29, 1.82) is 0 Å². The van der Waals surface area contributed by atoms with Gasteiger partial charge in [0, 0.05) is 36.4 Å². The van der Waals surface area contributed by atoms with Gasteiger partial charge in [0.1, 0.15) is 5.82 Å². The molecule has 8 nitrogen and oxygen atoms in total. The van der Waals surface area contributed by atoms with Crippen molar-refractivity contribution in [2.24, 2.45) is 18.5 Å². The van der Waals surface area contributed by atoms with E-state index in [-0.39, 0.29) is 29.3 Å². The zero-order valence-corrected chi connectivity index (χ0v) is 16.2. The molecule has 1 aliphatic carbocycles. The first-order valence-corrected chi connectivity index (χ1v) is 9.63. The van der Waals surface area contributed by atoms with E-state index in [1.165, 1.54) is 0 Å². The molecular formula is C20H24FN7O. The zero-order valence-electron chi connectivity index (χ0n) is 16.2. The number of nitrogens with one attached hydrogen (secondary N) is 2. The maximum Gasteiger partial charge on any atom is 0.252 e. The Hall–Kier alpha value is -3.20. The molecule has 152 valence electrons. The summed E-state index contributed by atoms with van der Waals surface area (Å²) in [7, 11) is 1.84. The van der Waals surface area contributed by atoms with Crippen LogP contribution in [0.4, 0.5) is 21.7 Å². The monoisotopic (exact) mass is 397 g/mol. The van der Waals surface area contributed by atoms with Gasteiger partial charge in [0.05, 0.1) is 11.1 Å². The van der Waals surface area contributed by atoms with Gasteiger partial charge in [-0.1, -0.05) is 12.8 Å². The van der Waals surface area contributed by atoms with Crippen LogP contribution in [-0.2, 0) is 7.05 Å². The van der Waals surface area contributed by atoms with E-state index in [1.807, 2.05) is 31.4 Å². The third-order valence-electron chi connectivity index (χ3n) is 5.26. The molecule has 1 aromatic carbocycles. The number of primary amides is 1. The molecule has 9 heteroatoms. The fraction of sp³-hybridized carbons (Fsp3) is 0.350. The van der Waals surface area contributed by atoms with Gasteiger partial charge in [-0.25, -0.2) is 9.37 Å². The second kappa shape index (κ2) is 7.67. The van der Waals surface area contributed by atoms with E-state index in [1.54, 1.807) is 4.68 Å². The molecule has 0 saturated heterocycles. The average molecular weight is 397 g/mol. The Kier molecular flexibility index (Phi) is 5.06. The Morgan fingerprint density at radius 3 is 2.79 bits per heavy atom. The molecule has 1 fully saturated rings. The van der Waals surface area contributed by atoms with Gasteiger partial charge in [0.2, 0.25) is 0 Å². The Morgan fingerprint density at radius 1 is 1.24 bits per heavy atom. The van der Waals surface area contributed by atoms with Crippen LogP contribution >= 0.6 is 0 Å². The highest BCUT2D eigenvalue weighted by molar-refractivity contribution is 5.99. The van der Waals surface area contributed by atoms with Gasteiger partial charge in [-0.3, -0.25) is 9.48 Å². The van der Waals surface area contributed by atoms with Crippen molar-refractivity contribution in [3.8, 4) is 0 Å². The second-order valence-corrected chi connectivity index (χ2v) is 7.48. The van der Waals surface area contributed by atoms with Crippen molar-refractivity contribution in [2.75, 3.05) is 10.6 Å². The summed E-state index contributed by atoms with van der Waals surface area (Å²) in [5, 5.41) is 11.4. The number of carbonyl (C=O) groups excluding carboxylic acids is 1. The third-order valence-corrected chi connectivity index (χ3v) is 5.26. The van der Waals surface area contributed by atoms with Crippen LogP contribution in [-0.4, -0.2) is 32.8 Å². The molecule has 0 radical (unpaired) electrons. The molecule has 0 spiro atoms. The number of aromatic nitrogens is 3. The van der Waals surface area contributed by atoms with Crippen molar-refractivity contribution in [2.45, 2.75) is 37.8 Å². The molecule has 2 aromatic heterocycles. The second-order valence-electron chi connectivity index (χ2n) is 7.48. The summed E-state index contributed by atoms with van der Waals surface area (Å²) in [6.45, 7) is 0. The van der Waals surface area contributed by atoms with Gasteiger partial charge in [-0.15, -0.1) is 0 Å². The molecule has 2 heterocycles. The van der Waals surface area contributed by atoms with E-state index in [4.69, 9.17) is 11.5 Å². The minimum atomic E-state index is -0.762. The summed E-state index contributed by atoms with van der Waals surface area (Å²) in [6.07, 6.45) is 5.71. The van der Waals surface area contributed by atoms with Crippen LogP contribution in [0.25, 0.3) is 10.9 Å². The number of hydrogen-bond donors (Lipinski definition) is 4. The van der Waals surface area contributed by atoms with E-state index in [2.05, 4.69) is 20.7 Å². The molecular weight excluding hydrogens is 373 g/mol. The fourth-order valence-electron chi connectivity index (χ4n) is 3.75. The van der Waals surface area contributed by atoms with Gasteiger partial charge < -0.3 is 22.1 Å². The van der Waals surface area contributed by atoms with Crippen LogP contribution in [0.3, 0.4) is 0 Å². The minimum absolute atomic E-state index is 0.0210. The molecule has 0 bridgehead atoms. The number of rotatable bonds is 5. The first-order valence-electron chi connectivity index (χ1n) is 9.63. The van der Waals surface area contributed by atoms with E-state index < -0.39 is 11.7 Å². The number of nitrogens with zero attached hydrogens (tertiary/aromatic N) is 3. The summed E-state index contributed by atoms with van der Waals surface area (Å²) in [6, 6.07) is 6.52. The lowest BCUT2D eigenvalue weighted by atomic mass is 9.91. The number of halogens is 1. The number of amides is 1. The molecule has 2 atom stereocenters. The molecule has 0 aliphatic heterocycles. The van der Waals surface area contributed by atoms with Crippen LogP contribution < -0.4 is 22.1 Å². The molecule has 3 aromatic rings. The normalized spacial score (nSPS) is 19.3. The summed E-state index contributed by atoms with van der Waals surface area (Å²) in [4.78, 5) is 16.2. The van der Waals surface area contributed by atoms with Crippen molar-refractivity contribution < 1.29 is 9.18 Å². The molecule has 2 unspecified atom stereocenters. The van der Waals surface area contributed by atoms with E-state index >= 15 is 0 Å². The van der Waals surface area contributed by atoms with Crippen molar-refractivity contribution in [1.82, 2.24) is 14.8 Å². The van der Waals surface area contributed by atoms with Crippen LogP contribution in [0.2, 0.25) is 0 Å². The maximum atomic E-state index is 14.6. The predicted octanol–water partition coefficient (Wildman–Crippen LogP) is 2.63. The smallest absolute Gasteiger partial charge is 0.252 e. The molecule has 29 heavy (non-hydrogen) atoms. The largest absolute Gasteiger partial charge is 0.365 e. The standard InChI is InChI=1S/C20H24FN7O/c1-28-10-11-8-12(6-7-16(11)27-28)24-19-13(18(23)29)9-14(21)20(26-19)25-17-5-3-2-4-15(17)22/h6-10,15,17H,2-5,22H2,1H3,(H2,23,29)(H2,24,25,26). The van der Waals surface area contributed by atoms with Crippen molar-refractivity contribution in [3.63, 3.8) is 0 Å². The van der Waals surface area contributed by atoms with Gasteiger partial charge in [0.25, 0.3) is 5.91 Å². The number of nitrogens with two attached hydrogens (primary N) is 2. The third kappa shape index (κ3) is 4.00. The lowest BCUT2D eigenvalue weighted by molar-refractivity contribution is 0.100. The topological polar surface area (TPSA) is 124 Å². The van der Waals surface area contributed by atoms with E-state index in [0.29, 0.717) is 5.69 Å². The number of fused-ring (bicyclic) bond motifs is 1. The highest BCUT2D eigenvalue weighted by Crippen LogP contribution is 2.27. The summed E-state index contributed by atoms with van der Waals surface area (Å²) >= 11 is 0. The predicted molar refractivity (Wildman–Crippen MR) is 111 cm³/mol. The van der Waals surface area contributed by atoms with Crippen LogP contribution in [0.1, 0.15) is 36.0 Å². The molecule has 4 rings (SSSR count). The summed E-state index contributed by atoms with van der Waals surface area (Å²) in [5.74, 6) is -1.15. The Labute approximate surface area is 167 Å². The Balaban J connectivity index is 1.66. The fourth-order valence-corrected chi connectivity index (χ4v) is 3.75.